The number of thioether (sulfide) groups is 1. The van der Waals surface area contributed by atoms with Gasteiger partial charge >= 0.3 is 0 Å². The van der Waals surface area contributed by atoms with Crippen molar-refractivity contribution in [3.05, 3.63) is 70.5 Å². The predicted molar refractivity (Wildman–Crippen MR) is 122 cm³/mol. The van der Waals surface area contributed by atoms with E-state index in [4.69, 9.17) is 0 Å². The van der Waals surface area contributed by atoms with Gasteiger partial charge < -0.3 is 5.32 Å². The number of aromatic amines is 1. The van der Waals surface area contributed by atoms with Gasteiger partial charge in [0.1, 0.15) is 11.3 Å². The highest BCUT2D eigenvalue weighted by Crippen LogP contribution is 2.34. The van der Waals surface area contributed by atoms with E-state index in [2.05, 4.69) is 20.5 Å². The van der Waals surface area contributed by atoms with Crippen LogP contribution in [0.2, 0.25) is 0 Å². The molecule has 158 valence electrons. The summed E-state index contributed by atoms with van der Waals surface area (Å²) < 4.78 is 1.83. The molecular formula is C23H23N5O2S. The average molecular weight is 434 g/mol. The van der Waals surface area contributed by atoms with Gasteiger partial charge in [-0.2, -0.15) is 5.10 Å². The van der Waals surface area contributed by atoms with Gasteiger partial charge in [-0.15, -0.1) is 11.8 Å². The largest absolute Gasteiger partial charge is 0.348 e. The zero-order valence-electron chi connectivity index (χ0n) is 17.2. The molecular weight excluding hydrogens is 410 g/mol. The van der Waals surface area contributed by atoms with E-state index in [9.17, 15) is 9.59 Å². The predicted octanol–water partition coefficient (Wildman–Crippen LogP) is 3.75. The van der Waals surface area contributed by atoms with E-state index >= 15 is 0 Å². The molecule has 1 saturated carbocycles. The molecule has 1 amide bonds. The number of imidazole rings is 1. The first kappa shape index (κ1) is 19.8. The Kier molecular flexibility index (Phi) is 5.23. The number of rotatable bonds is 4. The summed E-state index contributed by atoms with van der Waals surface area (Å²) in [5.74, 6) is 0.177. The van der Waals surface area contributed by atoms with Crippen LogP contribution < -0.4 is 10.9 Å². The summed E-state index contributed by atoms with van der Waals surface area (Å²) in [6.45, 7) is 0. The van der Waals surface area contributed by atoms with E-state index in [1.54, 1.807) is 18.0 Å². The molecule has 0 radical (unpaired) electrons. The number of hydrogen-bond donors (Lipinski definition) is 2. The Bertz CT molecular complexity index is 1320. The number of hydrogen-bond acceptors (Lipinski definition) is 5. The van der Waals surface area contributed by atoms with E-state index in [1.165, 1.54) is 0 Å². The van der Waals surface area contributed by atoms with Gasteiger partial charge in [-0.05, 0) is 50.1 Å². The van der Waals surface area contributed by atoms with Crippen LogP contribution in [0.1, 0.15) is 47.8 Å². The molecule has 1 aromatic carbocycles. The van der Waals surface area contributed by atoms with Crippen molar-refractivity contribution in [2.45, 2.75) is 42.5 Å². The lowest BCUT2D eigenvalue weighted by Gasteiger charge is -2.29. The number of fused-ring (bicyclic) bond motifs is 2. The molecule has 3 heterocycles. The summed E-state index contributed by atoms with van der Waals surface area (Å²) >= 11 is 1.65. The first-order valence-corrected chi connectivity index (χ1v) is 11.7. The molecule has 1 aliphatic carbocycles. The molecule has 8 heteroatoms. The van der Waals surface area contributed by atoms with Crippen LogP contribution in [0, 0.1) is 0 Å². The van der Waals surface area contributed by atoms with Gasteiger partial charge in [-0.3, -0.25) is 14.0 Å². The number of nitrogens with one attached hydrogen (secondary N) is 2. The van der Waals surface area contributed by atoms with Crippen molar-refractivity contribution >= 4 is 34.1 Å². The van der Waals surface area contributed by atoms with Crippen molar-refractivity contribution < 1.29 is 4.79 Å². The maximum atomic E-state index is 12.9. The molecule has 0 saturated heterocycles. The monoisotopic (exact) mass is 433 g/mol. The number of benzene rings is 1. The first-order valence-electron chi connectivity index (χ1n) is 10.4. The second-order valence-electron chi connectivity index (χ2n) is 7.94. The number of carbonyl (C=O) groups is 1. The highest BCUT2D eigenvalue weighted by atomic mass is 32.2. The fraction of sp³-hybridized carbons (Fsp3) is 0.304. The summed E-state index contributed by atoms with van der Waals surface area (Å²) in [4.78, 5) is 30.4. The molecule has 0 unspecified atom stereocenters. The van der Waals surface area contributed by atoms with Gasteiger partial charge in [0.05, 0.1) is 17.3 Å². The third-order valence-electron chi connectivity index (χ3n) is 6.13. The number of pyridine rings is 1. The van der Waals surface area contributed by atoms with E-state index in [0.29, 0.717) is 11.1 Å². The smallest absolute Gasteiger partial charge is 0.272 e. The molecule has 31 heavy (non-hydrogen) atoms. The Labute approximate surface area is 183 Å². The summed E-state index contributed by atoms with van der Waals surface area (Å²) in [6.07, 6.45) is 9.13. The maximum Gasteiger partial charge on any atom is 0.272 e. The summed E-state index contributed by atoms with van der Waals surface area (Å²) in [5, 5.41) is 11.8. The molecule has 0 aliphatic heterocycles. The summed E-state index contributed by atoms with van der Waals surface area (Å²) in [7, 11) is 0. The van der Waals surface area contributed by atoms with Gasteiger partial charge in [-0.1, -0.05) is 18.2 Å². The van der Waals surface area contributed by atoms with Crippen LogP contribution in [-0.2, 0) is 0 Å². The maximum absolute atomic E-state index is 12.9. The lowest BCUT2D eigenvalue weighted by molar-refractivity contribution is 0.0919. The first-order chi connectivity index (χ1) is 15.1. The zero-order valence-corrected chi connectivity index (χ0v) is 18.0. The minimum atomic E-state index is -0.155. The third-order valence-corrected chi connectivity index (χ3v) is 6.85. The van der Waals surface area contributed by atoms with Crippen molar-refractivity contribution in [1.29, 1.82) is 0 Å². The van der Waals surface area contributed by atoms with E-state index in [1.807, 2.05) is 53.3 Å². The van der Waals surface area contributed by atoms with Crippen LogP contribution in [0.25, 0.3) is 16.4 Å². The Morgan fingerprint density at radius 3 is 2.71 bits per heavy atom. The van der Waals surface area contributed by atoms with Gasteiger partial charge in [0.15, 0.2) is 0 Å². The van der Waals surface area contributed by atoms with Crippen molar-refractivity contribution in [2.24, 2.45) is 0 Å². The van der Waals surface area contributed by atoms with Crippen LogP contribution in [0.4, 0.5) is 0 Å². The minimum Gasteiger partial charge on any atom is -0.348 e. The van der Waals surface area contributed by atoms with Crippen molar-refractivity contribution in [1.82, 2.24) is 24.9 Å². The van der Waals surface area contributed by atoms with Crippen molar-refractivity contribution in [3.63, 3.8) is 0 Å². The highest BCUT2D eigenvalue weighted by Gasteiger charge is 2.27. The second kappa shape index (κ2) is 8.19. The lowest BCUT2D eigenvalue weighted by Crippen LogP contribution is -2.38. The summed E-state index contributed by atoms with van der Waals surface area (Å²) in [5.41, 5.74) is 2.12. The van der Waals surface area contributed by atoms with E-state index in [-0.39, 0.29) is 23.4 Å². The molecule has 2 N–H and O–H groups in total. The topological polar surface area (TPSA) is 92.1 Å². The number of H-pyrrole nitrogens is 1. The number of amides is 1. The number of aromatic nitrogens is 4. The number of carbonyl (C=O) groups excluding carboxylic acids is 1. The van der Waals surface area contributed by atoms with Crippen LogP contribution >= 0.6 is 11.8 Å². The molecule has 1 aliphatic rings. The fourth-order valence-electron chi connectivity index (χ4n) is 4.47. The van der Waals surface area contributed by atoms with E-state index < -0.39 is 0 Å². The minimum absolute atomic E-state index is 0.0968. The van der Waals surface area contributed by atoms with Crippen LogP contribution in [0.5, 0.6) is 0 Å². The van der Waals surface area contributed by atoms with Crippen LogP contribution in [0.15, 0.2) is 58.5 Å². The number of nitrogens with zero attached hydrogens (tertiary/aromatic N) is 3. The van der Waals surface area contributed by atoms with Gasteiger partial charge in [0, 0.05) is 28.4 Å². The molecule has 4 aromatic rings. The lowest BCUT2D eigenvalue weighted by atomic mass is 9.82. The second-order valence-corrected chi connectivity index (χ2v) is 8.82. The van der Waals surface area contributed by atoms with Crippen molar-refractivity contribution in [2.75, 3.05) is 6.26 Å². The van der Waals surface area contributed by atoms with Crippen LogP contribution in [-0.4, -0.2) is 37.8 Å². The summed E-state index contributed by atoms with van der Waals surface area (Å²) in [6, 6.07) is 11.7. The van der Waals surface area contributed by atoms with Gasteiger partial charge in [0.25, 0.3) is 11.5 Å². The van der Waals surface area contributed by atoms with Gasteiger partial charge in [-0.25, -0.2) is 10.1 Å². The molecule has 0 spiro atoms. The zero-order chi connectivity index (χ0) is 21.4. The Morgan fingerprint density at radius 1 is 1.16 bits per heavy atom. The highest BCUT2D eigenvalue weighted by molar-refractivity contribution is 7.98. The quantitative estimate of drug-likeness (QED) is 0.478. The Balaban J connectivity index is 1.28. The molecule has 1 fully saturated rings. The molecule has 3 aromatic heterocycles. The van der Waals surface area contributed by atoms with E-state index in [0.717, 1.165) is 47.3 Å². The molecule has 7 nitrogen and oxygen atoms in total. The Hall–Kier alpha value is -3.13. The normalized spacial score (nSPS) is 19.0. The SMILES string of the molecule is CSc1ccn2c(C(=O)N[C@H]3CC[C@H](c4n[nH]c(=O)c5ccccc54)CC3)cnc2c1. The third kappa shape index (κ3) is 3.72. The molecule has 0 atom stereocenters. The van der Waals surface area contributed by atoms with Crippen molar-refractivity contribution in [3.8, 4) is 0 Å². The molecule has 0 bridgehead atoms. The van der Waals surface area contributed by atoms with Gasteiger partial charge in [0.2, 0.25) is 0 Å². The molecule has 5 rings (SSSR count). The fourth-order valence-corrected chi connectivity index (χ4v) is 4.89. The van der Waals surface area contributed by atoms with Crippen LogP contribution in [0.3, 0.4) is 0 Å². The standard InChI is InChI=1S/C23H23N5O2S/c1-31-16-10-11-28-19(13-24-20(28)12-16)23(30)25-15-8-6-14(7-9-15)21-17-4-2-3-5-18(17)22(29)27-26-21/h2-5,10-15H,6-9H2,1H3,(H,25,30)(H,27,29)/t14-,15-. The Morgan fingerprint density at radius 2 is 1.94 bits per heavy atom. The average Bonchev–Trinajstić information content (AvgIpc) is 3.23.